The molecule has 0 atom stereocenters. The molecule has 0 aliphatic carbocycles. The number of hydrogen-bond acceptors (Lipinski definition) is 4. The maximum atomic E-state index is 4.63. The van der Waals surface area contributed by atoms with E-state index in [0.29, 0.717) is 0 Å². The van der Waals surface area contributed by atoms with Crippen LogP contribution < -0.4 is 0 Å². The van der Waals surface area contributed by atoms with Gasteiger partial charge in [-0.25, -0.2) is 0 Å². The molecule has 0 saturated heterocycles. The fourth-order valence-corrected chi connectivity index (χ4v) is 3.92. The van der Waals surface area contributed by atoms with Crippen LogP contribution in [0.2, 0.25) is 0 Å². The van der Waals surface area contributed by atoms with E-state index in [2.05, 4.69) is 99.0 Å². The van der Waals surface area contributed by atoms with Gasteiger partial charge in [0.25, 0.3) is 0 Å². The summed E-state index contributed by atoms with van der Waals surface area (Å²) in [5.74, 6) is 0. The monoisotopic (exact) mass is 386 g/mol. The first-order valence-electron chi connectivity index (χ1n) is 7.59. The molecule has 3 rings (SSSR count). The van der Waals surface area contributed by atoms with Crippen LogP contribution in [0.3, 0.4) is 0 Å². The van der Waals surface area contributed by atoms with E-state index in [1.165, 1.54) is 5.56 Å². The molecule has 0 heterocycles. The Balaban J connectivity index is 2.37. The van der Waals surface area contributed by atoms with Crippen molar-refractivity contribution in [3.05, 3.63) is 83.9 Å². The minimum atomic E-state index is -0.222. The normalized spacial score (nSPS) is 11.2. The molecule has 0 saturated carbocycles. The summed E-state index contributed by atoms with van der Waals surface area (Å²) in [5.41, 5.74) is 6.71. The fraction of sp³-hybridized carbons (Fsp3) is 0.100. The third-order valence-corrected chi connectivity index (χ3v) is 5.04. The molecule has 0 fully saturated rings. The zero-order chi connectivity index (χ0) is 17.1. The molecule has 122 valence electrons. The first-order chi connectivity index (χ1) is 11.6. The lowest BCUT2D eigenvalue weighted by Crippen LogP contribution is -2.00. The van der Waals surface area contributed by atoms with Gasteiger partial charge >= 0.3 is 0 Å². The Bertz CT molecular complexity index is 812. The summed E-state index contributed by atoms with van der Waals surface area (Å²) < 4.78 is -0.408. The van der Waals surface area contributed by atoms with Crippen LogP contribution in [0, 0.1) is 0 Å². The summed E-state index contributed by atoms with van der Waals surface area (Å²) >= 11 is 18.3. The first kappa shape index (κ1) is 17.9. The summed E-state index contributed by atoms with van der Waals surface area (Å²) in [6.45, 7) is 0. The smallest absolute Gasteiger partial charge is 0.0701 e. The van der Waals surface area contributed by atoms with E-state index in [4.69, 9.17) is 0 Å². The van der Waals surface area contributed by atoms with E-state index < -0.39 is 0 Å². The SMILES string of the molecule is SC(S)c1ccc(-c2ccccc2)c(-c2ccccc2)c1C(S)S. The van der Waals surface area contributed by atoms with Gasteiger partial charge in [-0.15, -0.1) is 0 Å². The van der Waals surface area contributed by atoms with Gasteiger partial charge in [0.1, 0.15) is 0 Å². The van der Waals surface area contributed by atoms with Crippen LogP contribution in [0.15, 0.2) is 72.8 Å². The lowest BCUT2D eigenvalue weighted by Gasteiger charge is -2.22. The Labute approximate surface area is 165 Å². The molecule has 3 aromatic rings. The van der Waals surface area contributed by atoms with Crippen molar-refractivity contribution in [1.82, 2.24) is 0 Å². The average Bonchev–Trinajstić information content (AvgIpc) is 2.61. The molecule has 0 amide bonds. The Morgan fingerprint density at radius 2 is 1.08 bits per heavy atom. The van der Waals surface area contributed by atoms with Crippen LogP contribution in [0.4, 0.5) is 0 Å². The Hall–Kier alpha value is -0.940. The topological polar surface area (TPSA) is 0 Å². The van der Waals surface area contributed by atoms with Gasteiger partial charge in [-0.2, -0.15) is 50.5 Å². The lowest BCUT2D eigenvalue weighted by molar-refractivity contribution is 1.27. The second kappa shape index (κ2) is 7.96. The van der Waals surface area contributed by atoms with Crippen molar-refractivity contribution in [3.8, 4) is 22.3 Å². The van der Waals surface area contributed by atoms with Gasteiger partial charge in [0, 0.05) is 0 Å². The minimum absolute atomic E-state index is 0.186. The van der Waals surface area contributed by atoms with Crippen molar-refractivity contribution in [2.75, 3.05) is 0 Å². The molecular formula is C20H18S4. The fourth-order valence-electron chi connectivity index (χ4n) is 2.91. The number of hydrogen-bond donors (Lipinski definition) is 4. The molecule has 0 N–H and O–H groups in total. The quantitative estimate of drug-likeness (QED) is 0.277. The van der Waals surface area contributed by atoms with E-state index in [9.17, 15) is 0 Å². The van der Waals surface area contributed by atoms with Crippen molar-refractivity contribution in [2.45, 2.75) is 9.16 Å². The van der Waals surface area contributed by atoms with Crippen molar-refractivity contribution < 1.29 is 0 Å². The molecule has 0 bridgehead atoms. The molecule has 0 aromatic heterocycles. The molecule has 0 aliphatic heterocycles. The third-order valence-electron chi connectivity index (χ3n) is 3.96. The molecule has 3 aromatic carbocycles. The molecular weight excluding hydrogens is 368 g/mol. The van der Waals surface area contributed by atoms with E-state index in [0.717, 1.165) is 27.8 Å². The second-order valence-electron chi connectivity index (χ2n) is 5.47. The zero-order valence-electron chi connectivity index (χ0n) is 12.9. The van der Waals surface area contributed by atoms with Crippen LogP contribution in [-0.2, 0) is 0 Å². The third kappa shape index (κ3) is 3.67. The van der Waals surface area contributed by atoms with Gasteiger partial charge in [0.2, 0.25) is 0 Å². The molecule has 0 spiro atoms. The van der Waals surface area contributed by atoms with E-state index in [1.54, 1.807) is 0 Å². The minimum Gasteiger partial charge on any atom is -0.160 e. The van der Waals surface area contributed by atoms with Gasteiger partial charge in [-0.3, -0.25) is 0 Å². The number of benzene rings is 3. The highest BCUT2D eigenvalue weighted by Crippen LogP contribution is 2.45. The van der Waals surface area contributed by atoms with Gasteiger partial charge in [-0.05, 0) is 33.4 Å². The summed E-state index contributed by atoms with van der Waals surface area (Å²) in [7, 11) is 0. The summed E-state index contributed by atoms with van der Waals surface area (Å²) in [6, 6.07) is 24.9. The maximum absolute atomic E-state index is 4.63. The van der Waals surface area contributed by atoms with Gasteiger partial charge in [0.05, 0.1) is 9.16 Å². The number of rotatable bonds is 4. The predicted octanol–water partition coefficient (Wildman–Crippen LogP) is 6.74. The van der Waals surface area contributed by atoms with Crippen LogP contribution in [0.5, 0.6) is 0 Å². The Kier molecular flexibility index (Phi) is 5.93. The van der Waals surface area contributed by atoms with Crippen molar-refractivity contribution in [1.29, 1.82) is 0 Å². The van der Waals surface area contributed by atoms with Crippen molar-refractivity contribution in [3.63, 3.8) is 0 Å². The predicted molar refractivity (Wildman–Crippen MR) is 119 cm³/mol. The van der Waals surface area contributed by atoms with Crippen LogP contribution in [-0.4, -0.2) is 0 Å². The van der Waals surface area contributed by atoms with Gasteiger partial charge < -0.3 is 0 Å². The average molecular weight is 387 g/mol. The highest BCUT2D eigenvalue weighted by atomic mass is 32.2. The molecule has 0 unspecified atom stereocenters. The van der Waals surface area contributed by atoms with Gasteiger partial charge in [-0.1, -0.05) is 72.8 Å². The highest BCUT2D eigenvalue weighted by molar-refractivity contribution is 7.99. The highest BCUT2D eigenvalue weighted by Gasteiger charge is 2.21. The maximum Gasteiger partial charge on any atom is 0.0701 e. The van der Waals surface area contributed by atoms with Crippen LogP contribution in [0.1, 0.15) is 20.3 Å². The Morgan fingerprint density at radius 3 is 1.58 bits per heavy atom. The first-order valence-corrected chi connectivity index (χ1v) is 9.66. The molecule has 0 radical (unpaired) electrons. The Morgan fingerprint density at radius 1 is 0.542 bits per heavy atom. The lowest BCUT2D eigenvalue weighted by atomic mass is 9.88. The summed E-state index contributed by atoms with van der Waals surface area (Å²) in [4.78, 5) is 0. The molecule has 4 heteroatoms. The second-order valence-corrected chi connectivity index (χ2v) is 8.35. The van der Waals surface area contributed by atoms with Gasteiger partial charge in [0.15, 0.2) is 0 Å². The van der Waals surface area contributed by atoms with Crippen LogP contribution in [0.25, 0.3) is 22.3 Å². The summed E-state index contributed by atoms with van der Waals surface area (Å²) in [6.07, 6.45) is 0. The zero-order valence-corrected chi connectivity index (χ0v) is 16.4. The van der Waals surface area contributed by atoms with Crippen molar-refractivity contribution >= 4 is 50.5 Å². The molecule has 24 heavy (non-hydrogen) atoms. The van der Waals surface area contributed by atoms with E-state index in [-0.39, 0.29) is 9.16 Å². The standard InChI is InChI=1S/C20H18S4/c21-19(22)16-12-11-15(13-7-3-1-4-8-13)17(18(16)20(23)24)14-9-5-2-6-10-14/h1-12,19-24H. The summed E-state index contributed by atoms with van der Waals surface area (Å²) in [5, 5.41) is 0. The largest absolute Gasteiger partial charge is 0.160 e. The van der Waals surface area contributed by atoms with E-state index >= 15 is 0 Å². The van der Waals surface area contributed by atoms with E-state index in [1.807, 2.05) is 24.3 Å². The number of thiol groups is 4. The molecule has 0 nitrogen and oxygen atoms in total. The van der Waals surface area contributed by atoms with Crippen LogP contribution >= 0.6 is 50.5 Å². The molecule has 0 aliphatic rings. The van der Waals surface area contributed by atoms with Crippen molar-refractivity contribution in [2.24, 2.45) is 0 Å².